The van der Waals surface area contributed by atoms with Crippen LogP contribution in [-0.2, 0) is 23.4 Å². The van der Waals surface area contributed by atoms with Gasteiger partial charge in [0.05, 0.1) is 6.26 Å². The van der Waals surface area contributed by atoms with Crippen molar-refractivity contribution >= 4 is 17.5 Å². The summed E-state index contributed by atoms with van der Waals surface area (Å²) in [6, 6.07) is 0. The van der Waals surface area contributed by atoms with Crippen LogP contribution < -0.4 is 0 Å². The van der Waals surface area contributed by atoms with E-state index < -0.39 is 23.3 Å². The van der Waals surface area contributed by atoms with Crippen LogP contribution in [0.4, 0.5) is 0 Å². The van der Waals surface area contributed by atoms with Gasteiger partial charge >= 0.3 is 0 Å². The first kappa shape index (κ1) is 14.1. The summed E-state index contributed by atoms with van der Waals surface area (Å²) in [6.07, 6.45) is 2.02. The van der Waals surface area contributed by atoms with Crippen molar-refractivity contribution in [2.45, 2.75) is 25.6 Å². The van der Waals surface area contributed by atoms with Gasteiger partial charge in [-0.2, -0.15) is 8.42 Å². The van der Waals surface area contributed by atoms with Crippen LogP contribution in [0, 0.1) is 0 Å². The van der Waals surface area contributed by atoms with E-state index in [1.54, 1.807) is 0 Å². The van der Waals surface area contributed by atoms with E-state index in [2.05, 4.69) is 0 Å². The Morgan fingerprint density at radius 3 is 2.21 bits per heavy atom. The molecule has 0 aliphatic heterocycles. The van der Waals surface area contributed by atoms with Gasteiger partial charge in [-0.1, -0.05) is 13.3 Å². The van der Waals surface area contributed by atoms with Crippen LogP contribution in [0.2, 0.25) is 0 Å². The first-order chi connectivity index (χ1) is 6.23. The Morgan fingerprint density at radius 2 is 1.93 bits per heavy atom. The molecule has 0 heterocycles. The maximum Gasteiger partial charge on any atom is 0.265 e. The van der Waals surface area contributed by atoms with E-state index in [-0.39, 0.29) is 0 Å². The standard InChI is InChI=1S/C7H17O5PS/c1-5-6-7(12-14(4,9)10)13(3,8)11-2/h7H,5-6H2,1-4H3. The highest BCUT2D eigenvalue weighted by atomic mass is 32.2. The summed E-state index contributed by atoms with van der Waals surface area (Å²) in [5.41, 5.74) is 0. The highest BCUT2D eigenvalue weighted by Gasteiger charge is 2.31. The second-order valence-electron chi connectivity index (χ2n) is 3.13. The predicted octanol–water partition coefficient (Wildman–Crippen LogP) is 1.64. The maximum absolute atomic E-state index is 11.7. The second-order valence-corrected chi connectivity index (χ2v) is 7.49. The third-order valence-corrected chi connectivity index (χ3v) is 4.57. The molecule has 7 heteroatoms. The van der Waals surface area contributed by atoms with Gasteiger partial charge in [0.1, 0.15) is 0 Å². The molecule has 0 rings (SSSR count). The van der Waals surface area contributed by atoms with Gasteiger partial charge in [-0.15, -0.1) is 0 Å². The van der Waals surface area contributed by atoms with E-state index in [1.165, 1.54) is 13.8 Å². The van der Waals surface area contributed by atoms with E-state index in [0.29, 0.717) is 12.8 Å². The molecule has 0 bridgehead atoms. The van der Waals surface area contributed by atoms with Gasteiger partial charge in [0, 0.05) is 13.8 Å². The van der Waals surface area contributed by atoms with Crippen LogP contribution in [0.3, 0.4) is 0 Å². The molecule has 0 spiro atoms. The van der Waals surface area contributed by atoms with Gasteiger partial charge < -0.3 is 4.52 Å². The van der Waals surface area contributed by atoms with Gasteiger partial charge in [-0.25, -0.2) is 0 Å². The van der Waals surface area contributed by atoms with Crippen LogP contribution in [0.5, 0.6) is 0 Å². The minimum absolute atomic E-state index is 0.398. The zero-order valence-electron chi connectivity index (χ0n) is 8.89. The van der Waals surface area contributed by atoms with Crippen molar-refractivity contribution in [3.05, 3.63) is 0 Å². The summed E-state index contributed by atoms with van der Waals surface area (Å²) in [5, 5.41) is 0. The van der Waals surface area contributed by atoms with Gasteiger partial charge in [0.25, 0.3) is 10.1 Å². The molecule has 0 aromatic heterocycles. The van der Waals surface area contributed by atoms with Gasteiger partial charge in [0.2, 0.25) is 7.37 Å². The smallest absolute Gasteiger partial charge is 0.265 e. The van der Waals surface area contributed by atoms with E-state index in [0.717, 1.165) is 6.26 Å². The predicted molar refractivity (Wildman–Crippen MR) is 55.2 cm³/mol. The minimum atomic E-state index is -3.59. The third kappa shape index (κ3) is 5.10. The Morgan fingerprint density at radius 1 is 1.43 bits per heavy atom. The fraction of sp³-hybridized carbons (Fsp3) is 1.00. The van der Waals surface area contributed by atoms with Crippen molar-refractivity contribution in [3.8, 4) is 0 Å². The number of hydrogen-bond acceptors (Lipinski definition) is 5. The summed E-state index contributed by atoms with van der Waals surface area (Å²) in [7, 11) is -5.30. The third-order valence-electron chi connectivity index (χ3n) is 1.71. The maximum atomic E-state index is 11.7. The molecular weight excluding hydrogens is 227 g/mol. The fourth-order valence-electron chi connectivity index (χ4n) is 0.927. The number of rotatable bonds is 6. The van der Waals surface area contributed by atoms with Crippen LogP contribution in [0.25, 0.3) is 0 Å². The molecule has 2 unspecified atom stereocenters. The quantitative estimate of drug-likeness (QED) is 0.524. The largest absolute Gasteiger partial charge is 0.330 e. The molecule has 0 aromatic carbocycles. The summed E-state index contributed by atoms with van der Waals surface area (Å²) in [5.74, 6) is -0.868. The molecule has 0 saturated heterocycles. The lowest BCUT2D eigenvalue weighted by Crippen LogP contribution is -2.18. The zero-order chi connectivity index (χ0) is 11.4. The SMILES string of the molecule is CCCC(OS(C)(=O)=O)P(C)(=O)OC. The molecule has 14 heavy (non-hydrogen) atoms. The molecule has 0 aromatic rings. The van der Waals surface area contributed by atoms with Crippen LogP contribution >= 0.6 is 7.37 Å². The molecule has 5 nitrogen and oxygen atoms in total. The Balaban J connectivity index is 4.70. The minimum Gasteiger partial charge on any atom is -0.330 e. The number of hydrogen-bond donors (Lipinski definition) is 0. The Hall–Kier alpha value is 0.1000. The van der Waals surface area contributed by atoms with Gasteiger partial charge in [-0.05, 0) is 6.42 Å². The molecular formula is C7H17O5PS. The zero-order valence-corrected chi connectivity index (χ0v) is 10.6. The first-order valence-electron chi connectivity index (χ1n) is 4.24. The lowest BCUT2D eigenvalue weighted by molar-refractivity contribution is 0.241. The summed E-state index contributed by atoms with van der Waals surface area (Å²) >= 11 is 0. The summed E-state index contributed by atoms with van der Waals surface area (Å²) in [6.45, 7) is 3.23. The van der Waals surface area contributed by atoms with Crippen molar-refractivity contribution in [2.75, 3.05) is 20.0 Å². The monoisotopic (exact) mass is 244 g/mol. The van der Waals surface area contributed by atoms with E-state index in [4.69, 9.17) is 8.71 Å². The van der Waals surface area contributed by atoms with E-state index in [1.807, 2.05) is 6.92 Å². The first-order valence-corrected chi connectivity index (χ1v) is 8.20. The Kier molecular flexibility index (Phi) is 5.30. The van der Waals surface area contributed by atoms with Crippen LogP contribution in [-0.4, -0.2) is 34.3 Å². The van der Waals surface area contributed by atoms with Crippen LogP contribution in [0.15, 0.2) is 0 Å². The van der Waals surface area contributed by atoms with E-state index >= 15 is 0 Å². The van der Waals surface area contributed by atoms with Crippen molar-refractivity contribution in [2.24, 2.45) is 0 Å². The van der Waals surface area contributed by atoms with Crippen molar-refractivity contribution in [1.29, 1.82) is 0 Å². The summed E-state index contributed by atoms with van der Waals surface area (Å²) in [4.78, 5) is 0. The molecule has 0 amide bonds. The molecule has 0 radical (unpaired) electrons. The van der Waals surface area contributed by atoms with Crippen molar-refractivity contribution in [3.63, 3.8) is 0 Å². The van der Waals surface area contributed by atoms with Crippen molar-refractivity contribution in [1.82, 2.24) is 0 Å². The molecule has 0 aliphatic carbocycles. The lowest BCUT2D eigenvalue weighted by atomic mass is 10.4. The van der Waals surface area contributed by atoms with Crippen molar-refractivity contribution < 1.29 is 21.7 Å². The molecule has 2 atom stereocenters. The Bertz CT molecular complexity index is 310. The highest BCUT2D eigenvalue weighted by molar-refractivity contribution is 7.86. The average Bonchev–Trinajstić information content (AvgIpc) is 2.01. The van der Waals surface area contributed by atoms with E-state index in [9.17, 15) is 13.0 Å². The molecule has 86 valence electrons. The fourth-order valence-corrected chi connectivity index (χ4v) is 3.48. The van der Waals surface area contributed by atoms with Gasteiger partial charge in [0.15, 0.2) is 5.85 Å². The molecule has 0 N–H and O–H groups in total. The highest BCUT2D eigenvalue weighted by Crippen LogP contribution is 2.49. The second kappa shape index (κ2) is 5.26. The molecule has 0 fully saturated rings. The summed E-state index contributed by atoms with van der Waals surface area (Å²) < 4.78 is 43.0. The molecule has 0 aliphatic rings. The lowest BCUT2D eigenvalue weighted by Gasteiger charge is -2.21. The normalized spacial score (nSPS) is 18.9. The Labute approximate surface area is 85.4 Å². The molecule has 0 saturated carbocycles. The van der Waals surface area contributed by atoms with Crippen LogP contribution in [0.1, 0.15) is 19.8 Å². The average molecular weight is 244 g/mol. The topological polar surface area (TPSA) is 69.7 Å². The van der Waals surface area contributed by atoms with Gasteiger partial charge in [-0.3, -0.25) is 8.75 Å².